The van der Waals surface area contributed by atoms with Crippen LogP contribution in [0.5, 0.6) is 0 Å². The number of carbonyl (C=O) groups excluding carboxylic acids is 2. The lowest BCUT2D eigenvalue weighted by atomic mass is 9.92. The number of rotatable bonds is 3. The summed E-state index contributed by atoms with van der Waals surface area (Å²) in [6.45, 7) is 1.90. The Bertz CT molecular complexity index is 509. The molecular formula is C6H10O8S2. The molecule has 0 unspecified atom stereocenters. The minimum Gasteiger partial charge on any atom is -0.280 e. The van der Waals surface area contributed by atoms with Gasteiger partial charge >= 0.3 is 20.2 Å². The molecule has 0 aromatic carbocycles. The van der Waals surface area contributed by atoms with Crippen molar-refractivity contribution in [2.24, 2.45) is 5.41 Å². The fourth-order valence-electron chi connectivity index (χ4n) is 0.873. The second kappa shape index (κ2) is 4.20. The van der Waals surface area contributed by atoms with Crippen molar-refractivity contribution in [2.75, 3.05) is 0 Å². The van der Waals surface area contributed by atoms with E-state index in [9.17, 15) is 26.4 Å². The van der Waals surface area contributed by atoms with Crippen LogP contribution < -0.4 is 0 Å². The van der Waals surface area contributed by atoms with Crippen LogP contribution >= 0.6 is 0 Å². The molecule has 0 spiro atoms. The van der Waals surface area contributed by atoms with E-state index in [0.29, 0.717) is 0 Å². The van der Waals surface area contributed by atoms with Crippen LogP contribution in [0, 0.1) is 5.41 Å². The lowest BCUT2D eigenvalue weighted by Crippen LogP contribution is -2.34. The lowest BCUT2D eigenvalue weighted by Gasteiger charge is -2.18. The molecule has 0 atom stereocenters. The van der Waals surface area contributed by atoms with Crippen LogP contribution in [0.4, 0.5) is 0 Å². The topological polar surface area (TPSA) is 143 Å². The van der Waals surface area contributed by atoms with E-state index >= 15 is 0 Å². The van der Waals surface area contributed by atoms with E-state index in [4.69, 9.17) is 9.11 Å². The number of carbonyl (C=O) groups is 2. The minimum atomic E-state index is -5.02. The number of hydrogen-bond donors (Lipinski definition) is 2. The molecule has 0 aromatic heterocycles. The van der Waals surface area contributed by atoms with Crippen LogP contribution in [-0.4, -0.2) is 36.2 Å². The third-order valence-electron chi connectivity index (χ3n) is 1.66. The molecule has 10 heteroatoms. The van der Waals surface area contributed by atoms with Crippen molar-refractivity contribution in [1.29, 1.82) is 0 Å². The van der Waals surface area contributed by atoms with E-state index in [1.165, 1.54) is 0 Å². The molecule has 0 amide bonds. The van der Waals surface area contributed by atoms with Gasteiger partial charge in [-0.25, -0.2) is 0 Å². The second-order valence-corrected chi connectivity index (χ2v) is 6.40. The van der Waals surface area contributed by atoms with Crippen molar-refractivity contribution in [2.45, 2.75) is 20.3 Å². The van der Waals surface area contributed by atoms with Crippen molar-refractivity contribution in [3.63, 3.8) is 0 Å². The zero-order valence-electron chi connectivity index (χ0n) is 8.37. The Balaban J connectivity index is 5.15. The van der Waals surface area contributed by atoms with Crippen LogP contribution in [0.15, 0.2) is 0 Å². The van der Waals surface area contributed by atoms with E-state index in [0.717, 1.165) is 13.8 Å². The fraction of sp³-hybridized carbons (Fsp3) is 0.667. The zero-order valence-corrected chi connectivity index (χ0v) is 10.0. The van der Waals surface area contributed by atoms with Gasteiger partial charge in [0.1, 0.15) is 0 Å². The SMILES string of the molecule is CC(C)(CC(=O)S(=O)(=O)O)C(=O)S(=O)(=O)O. The van der Waals surface area contributed by atoms with Gasteiger partial charge in [0.05, 0.1) is 0 Å². The summed E-state index contributed by atoms with van der Waals surface area (Å²) < 4.78 is 58.5. The van der Waals surface area contributed by atoms with Gasteiger partial charge in [0, 0.05) is 11.8 Å². The third kappa shape index (κ3) is 3.96. The Hall–Kier alpha value is -0.840. The molecule has 94 valence electrons. The average Bonchev–Trinajstić information content (AvgIpc) is 1.98. The van der Waals surface area contributed by atoms with Gasteiger partial charge in [-0.3, -0.25) is 18.7 Å². The van der Waals surface area contributed by atoms with E-state index in [1.54, 1.807) is 0 Å². The van der Waals surface area contributed by atoms with Gasteiger partial charge in [0.15, 0.2) is 0 Å². The van der Waals surface area contributed by atoms with Gasteiger partial charge in [-0.15, -0.1) is 0 Å². The Morgan fingerprint density at radius 3 is 1.62 bits per heavy atom. The first-order valence-electron chi connectivity index (χ1n) is 3.81. The highest BCUT2D eigenvalue weighted by Crippen LogP contribution is 2.25. The molecule has 8 nitrogen and oxygen atoms in total. The van der Waals surface area contributed by atoms with Gasteiger partial charge in [0.25, 0.3) is 10.2 Å². The third-order valence-corrected chi connectivity index (χ3v) is 3.40. The van der Waals surface area contributed by atoms with Gasteiger partial charge < -0.3 is 0 Å². The van der Waals surface area contributed by atoms with E-state index in [2.05, 4.69) is 0 Å². The predicted molar refractivity (Wildman–Crippen MR) is 51.5 cm³/mol. The fourth-order valence-corrected chi connectivity index (χ4v) is 2.19. The Morgan fingerprint density at radius 1 is 1.00 bits per heavy atom. The zero-order chi connectivity index (χ0) is 13.4. The molecule has 0 aliphatic carbocycles. The van der Waals surface area contributed by atoms with E-state index in [1.807, 2.05) is 0 Å². The highest BCUT2D eigenvalue weighted by atomic mass is 32.2. The molecule has 0 radical (unpaired) electrons. The van der Waals surface area contributed by atoms with Crippen molar-refractivity contribution in [3.8, 4) is 0 Å². The molecule has 0 heterocycles. The average molecular weight is 274 g/mol. The Morgan fingerprint density at radius 2 is 1.38 bits per heavy atom. The summed E-state index contributed by atoms with van der Waals surface area (Å²) in [5, 5.41) is -3.40. The minimum absolute atomic E-state index is 0.951. The first-order valence-corrected chi connectivity index (χ1v) is 6.69. The van der Waals surface area contributed by atoms with Gasteiger partial charge in [-0.05, 0) is 0 Å². The maximum absolute atomic E-state index is 11.1. The normalized spacial score (nSPS) is 13.5. The van der Waals surface area contributed by atoms with Gasteiger partial charge in [-0.1, -0.05) is 13.8 Å². The van der Waals surface area contributed by atoms with Crippen molar-refractivity contribution < 1.29 is 35.5 Å². The molecule has 16 heavy (non-hydrogen) atoms. The molecular weight excluding hydrogens is 264 g/mol. The van der Waals surface area contributed by atoms with Crippen LogP contribution in [0.25, 0.3) is 0 Å². The summed E-state index contributed by atoms with van der Waals surface area (Å²) in [5.74, 6) is 0. The maximum Gasteiger partial charge on any atom is 0.329 e. The largest absolute Gasteiger partial charge is 0.329 e. The smallest absolute Gasteiger partial charge is 0.280 e. The molecule has 0 aliphatic heterocycles. The summed E-state index contributed by atoms with van der Waals surface area (Å²) in [6.07, 6.45) is -1.05. The Labute approximate surface area is 92.1 Å². The molecule has 0 aliphatic rings. The molecule has 0 aromatic rings. The standard InChI is InChI=1S/C6H10O8S2/c1-6(2,5(8)16(12,13)14)3-4(7)15(9,10)11/h3H2,1-2H3,(H,9,10,11)(H,12,13,14). The number of hydrogen-bond acceptors (Lipinski definition) is 6. The Kier molecular flexibility index (Phi) is 3.98. The monoisotopic (exact) mass is 274 g/mol. The summed E-state index contributed by atoms with van der Waals surface area (Å²) in [6, 6.07) is 0. The van der Waals surface area contributed by atoms with E-state index < -0.39 is 42.3 Å². The summed E-state index contributed by atoms with van der Waals surface area (Å²) in [7, 11) is -10.0. The quantitative estimate of drug-likeness (QED) is 0.638. The van der Waals surface area contributed by atoms with Crippen molar-refractivity contribution >= 4 is 30.5 Å². The van der Waals surface area contributed by atoms with Crippen LogP contribution in [0.3, 0.4) is 0 Å². The molecule has 0 saturated carbocycles. The predicted octanol–water partition coefficient (Wildman–Crippen LogP) is -0.768. The summed E-state index contributed by atoms with van der Waals surface area (Å²) >= 11 is 0. The first kappa shape index (κ1) is 15.2. The maximum atomic E-state index is 11.1. The van der Waals surface area contributed by atoms with Crippen molar-refractivity contribution in [1.82, 2.24) is 0 Å². The molecule has 0 saturated heterocycles. The summed E-state index contributed by atoms with van der Waals surface area (Å²) in [4.78, 5) is 21.9. The van der Waals surface area contributed by atoms with Gasteiger partial charge in [0.2, 0.25) is 0 Å². The first-order chi connectivity index (χ1) is 6.78. The molecule has 0 bridgehead atoms. The van der Waals surface area contributed by atoms with Crippen LogP contribution in [0.1, 0.15) is 20.3 Å². The lowest BCUT2D eigenvalue weighted by molar-refractivity contribution is -0.124. The van der Waals surface area contributed by atoms with Crippen LogP contribution in [-0.2, 0) is 29.8 Å². The van der Waals surface area contributed by atoms with Crippen molar-refractivity contribution in [3.05, 3.63) is 0 Å². The molecule has 0 rings (SSSR count). The van der Waals surface area contributed by atoms with Crippen LogP contribution in [0.2, 0.25) is 0 Å². The highest BCUT2D eigenvalue weighted by Gasteiger charge is 2.40. The van der Waals surface area contributed by atoms with Gasteiger partial charge in [-0.2, -0.15) is 16.8 Å². The molecule has 0 fully saturated rings. The second-order valence-electron chi connectivity index (χ2n) is 3.67. The highest BCUT2D eigenvalue weighted by molar-refractivity contribution is 8.01. The molecule has 2 N–H and O–H groups in total. The van der Waals surface area contributed by atoms with E-state index in [-0.39, 0.29) is 0 Å². The summed E-state index contributed by atoms with van der Waals surface area (Å²) in [5.41, 5.74) is -1.94.